The monoisotopic (exact) mass is 148 g/mol. The first kappa shape index (κ1) is 8.99. The highest BCUT2D eigenvalue weighted by Gasteiger charge is 1.91. The molecule has 0 amide bonds. The summed E-state index contributed by atoms with van der Waals surface area (Å²) in [5.41, 5.74) is 0. The summed E-state index contributed by atoms with van der Waals surface area (Å²) in [7, 11) is 1.70. The third-order valence-corrected chi connectivity index (χ3v) is 1.16. The van der Waals surface area contributed by atoms with Crippen LogP contribution in [0.5, 0.6) is 0 Å². The number of rotatable bonds is 4. The van der Waals surface area contributed by atoms with E-state index >= 15 is 0 Å². The molecule has 1 nitrogen and oxygen atoms in total. The van der Waals surface area contributed by atoms with E-state index in [1.807, 2.05) is 6.08 Å². The zero-order valence-corrected chi connectivity index (χ0v) is 6.69. The van der Waals surface area contributed by atoms with Crippen molar-refractivity contribution < 1.29 is 4.74 Å². The van der Waals surface area contributed by atoms with Crippen molar-refractivity contribution in [2.45, 2.75) is 6.92 Å². The molecule has 9 heavy (non-hydrogen) atoms. The molecule has 54 valence electrons. The van der Waals surface area contributed by atoms with Gasteiger partial charge in [0.05, 0.1) is 6.61 Å². The van der Waals surface area contributed by atoms with Gasteiger partial charge in [-0.2, -0.15) is 0 Å². The predicted octanol–water partition coefficient (Wildman–Crippen LogP) is 2.06. The Morgan fingerprint density at radius 3 is 2.78 bits per heavy atom. The molecule has 0 saturated heterocycles. The normalized spacial score (nSPS) is 14.6. The Balaban J connectivity index is 3.25. The lowest BCUT2D eigenvalue weighted by Crippen LogP contribution is -1.98. The van der Waals surface area contributed by atoms with Crippen LogP contribution in [0.3, 0.4) is 0 Å². The molecule has 0 radical (unpaired) electrons. The molecule has 0 spiro atoms. The molecule has 0 saturated carbocycles. The van der Waals surface area contributed by atoms with Crippen LogP contribution in [-0.4, -0.2) is 19.6 Å². The minimum Gasteiger partial charge on any atom is -0.384 e. The standard InChI is InChI=1S/C7H13ClO/c1-7(6-9-2)4-3-5-8/h3-4,7H,5-6H2,1-2H3/b4-3+. The first-order valence-corrected chi connectivity index (χ1v) is 3.56. The van der Waals surface area contributed by atoms with E-state index < -0.39 is 0 Å². The topological polar surface area (TPSA) is 9.23 Å². The van der Waals surface area contributed by atoms with Gasteiger partial charge in [0.15, 0.2) is 0 Å². The molecular formula is C7H13ClO. The van der Waals surface area contributed by atoms with Gasteiger partial charge in [-0.05, 0) is 5.92 Å². The lowest BCUT2D eigenvalue weighted by atomic mass is 10.2. The maximum atomic E-state index is 5.42. The second-order valence-corrected chi connectivity index (χ2v) is 2.32. The predicted molar refractivity (Wildman–Crippen MR) is 40.9 cm³/mol. The second-order valence-electron chi connectivity index (χ2n) is 2.02. The Labute approximate surface area is 61.7 Å². The molecule has 2 heteroatoms. The lowest BCUT2D eigenvalue weighted by Gasteiger charge is -2.01. The highest BCUT2D eigenvalue weighted by molar-refractivity contribution is 6.18. The summed E-state index contributed by atoms with van der Waals surface area (Å²) >= 11 is 5.42. The van der Waals surface area contributed by atoms with Crippen LogP contribution in [-0.2, 0) is 4.74 Å². The minimum atomic E-state index is 0.480. The van der Waals surface area contributed by atoms with Crippen LogP contribution < -0.4 is 0 Å². The van der Waals surface area contributed by atoms with Crippen LogP contribution in [0.2, 0.25) is 0 Å². The van der Waals surface area contributed by atoms with Crippen molar-refractivity contribution >= 4 is 11.6 Å². The number of halogens is 1. The summed E-state index contributed by atoms with van der Waals surface area (Å²) in [6, 6.07) is 0. The number of methoxy groups -OCH3 is 1. The summed E-state index contributed by atoms with van der Waals surface area (Å²) in [5.74, 6) is 1.07. The molecular weight excluding hydrogens is 136 g/mol. The Morgan fingerprint density at radius 1 is 1.67 bits per heavy atom. The summed E-state index contributed by atoms with van der Waals surface area (Å²) < 4.78 is 4.91. The van der Waals surface area contributed by atoms with Crippen molar-refractivity contribution in [3.63, 3.8) is 0 Å². The molecule has 0 aliphatic heterocycles. The van der Waals surface area contributed by atoms with Gasteiger partial charge in [-0.15, -0.1) is 11.6 Å². The van der Waals surface area contributed by atoms with Crippen molar-refractivity contribution in [1.29, 1.82) is 0 Å². The second kappa shape index (κ2) is 6.12. The third-order valence-electron chi connectivity index (χ3n) is 0.983. The number of hydrogen-bond acceptors (Lipinski definition) is 1. The lowest BCUT2D eigenvalue weighted by molar-refractivity contribution is 0.176. The van der Waals surface area contributed by atoms with Gasteiger partial charge < -0.3 is 4.74 Å². The van der Waals surface area contributed by atoms with Crippen LogP contribution in [0, 0.1) is 5.92 Å². The SMILES string of the molecule is COCC(C)/C=C/CCl. The molecule has 0 bridgehead atoms. The summed E-state index contributed by atoms with van der Waals surface area (Å²) in [5, 5.41) is 0. The van der Waals surface area contributed by atoms with Crippen LogP contribution in [0.15, 0.2) is 12.2 Å². The van der Waals surface area contributed by atoms with Crippen molar-refractivity contribution in [3.8, 4) is 0 Å². The van der Waals surface area contributed by atoms with E-state index in [0.29, 0.717) is 11.8 Å². The summed E-state index contributed by atoms with van der Waals surface area (Å²) in [6.45, 7) is 2.86. The number of alkyl halides is 1. The van der Waals surface area contributed by atoms with Gasteiger partial charge in [-0.1, -0.05) is 19.1 Å². The van der Waals surface area contributed by atoms with Gasteiger partial charge >= 0.3 is 0 Å². The van der Waals surface area contributed by atoms with Crippen LogP contribution in [0.25, 0.3) is 0 Å². The molecule has 1 unspecified atom stereocenters. The van der Waals surface area contributed by atoms with Crippen molar-refractivity contribution in [2.24, 2.45) is 5.92 Å². The number of allylic oxidation sites excluding steroid dienone is 1. The van der Waals surface area contributed by atoms with Gasteiger partial charge in [-0.3, -0.25) is 0 Å². The zero-order chi connectivity index (χ0) is 7.11. The molecule has 0 aromatic heterocycles. The molecule has 0 N–H and O–H groups in total. The van der Waals surface area contributed by atoms with E-state index in [1.54, 1.807) is 7.11 Å². The molecule has 0 aromatic carbocycles. The van der Waals surface area contributed by atoms with E-state index in [0.717, 1.165) is 6.61 Å². The summed E-state index contributed by atoms with van der Waals surface area (Å²) in [4.78, 5) is 0. The third kappa shape index (κ3) is 5.87. The van der Waals surface area contributed by atoms with E-state index in [9.17, 15) is 0 Å². The van der Waals surface area contributed by atoms with E-state index in [4.69, 9.17) is 16.3 Å². The maximum Gasteiger partial charge on any atom is 0.0522 e. The highest BCUT2D eigenvalue weighted by atomic mass is 35.5. The smallest absolute Gasteiger partial charge is 0.0522 e. The van der Waals surface area contributed by atoms with E-state index in [1.165, 1.54) is 0 Å². The fraction of sp³-hybridized carbons (Fsp3) is 0.714. The number of ether oxygens (including phenoxy) is 1. The van der Waals surface area contributed by atoms with Gasteiger partial charge in [0.1, 0.15) is 0 Å². The first-order chi connectivity index (χ1) is 4.31. The van der Waals surface area contributed by atoms with Gasteiger partial charge in [0.25, 0.3) is 0 Å². The molecule has 0 aliphatic rings. The van der Waals surface area contributed by atoms with Gasteiger partial charge in [0, 0.05) is 13.0 Å². The van der Waals surface area contributed by atoms with Gasteiger partial charge in [-0.25, -0.2) is 0 Å². The number of hydrogen-bond donors (Lipinski definition) is 0. The fourth-order valence-corrected chi connectivity index (χ4v) is 0.705. The summed E-state index contributed by atoms with van der Waals surface area (Å²) in [6.07, 6.45) is 3.99. The molecule has 0 aliphatic carbocycles. The first-order valence-electron chi connectivity index (χ1n) is 3.02. The Morgan fingerprint density at radius 2 is 2.33 bits per heavy atom. The van der Waals surface area contributed by atoms with Crippen LogP contribution in [0.4, 0.5) is 0 Å². The van der Waals surface area contributed by atoms with E-state index in [2.05, 4.69) is 13.0 Å². The van der Waals surface area contributed by atoms with E-state index in [-0.39, 0.29) is 0 Å². The average Bonchev–Trinajstić information content (AvgIpc) is 1.85. The maximum absolute atomic E-state index is 5.42. The zero-order valence-electron chi connectivity index (χ0n) is 5.93. The Bertz CT molecular complexity index is 81.0. The molecule has 1 atom stereocenters. The van der Waals surface area contributed by atoms with Crippen LogP contribution >= 0.6 is 11.6 Å². The molecule has 0 aromatic rings. The van der Waals surface area contributed by atoms with Crippen LogP contribution in [0.1, 0.15) is 6.92 Å². The largest absolute Gasteiger partial charge is 0.384 e. The molecule has 0 fully saturated rings. The Kier molecular flexibility index (Phi) is 6.11. The Hall–Kier alpha value is -0.0100. The van der Waals surface area contributed by atoms with Crippen molar-refractivity contribution in [3.05, 3.63) is 12.2 Å². The van der Waals surface area contributed by atoms with Gasteiger partial charge in [0.2, 0.25) is 0 Å². The fourth-order valence-electron chi connectivity index (χ4n) is 0.602. The quantitative estimate of drug-likeness (QED) is 0.438. The minimum absolute atomic E-state index is 0.480. The highest BCUT2D eigenvalue weighted by Crippen LogP contribution is 1.96. The average molecular weight is 149 g/mol. The molecule has 0 rings (SSSR count). The molecule has 0 heterocycles. The van der Waals surface area contributed by atoms with Crippen molar-refractivity contribution in [2.75, 3.05) is 19.6 Å². The van der Waals surface area contributed by atoms with Crippen molar-refractivity contribution in [1.82, 2.24) is 0 Å².